The van der Waals surface area contributed by atoms with Crippen molar-refractivity contribution in [3.8, 4) is 17.4 Å². The number of rotatable bonds is 9. The number of halogens is 1. The highest BCUT2D eigenvalue weighted by Crippen LogP contribution is 2.33. The summed E-state index contributed by atoms with van der Waals surface area (Å²) in [5.41, 5.74) is 8.75. The summed E-state index contributed by atoms with van der Waals surface area (Å²) in [6, 6.07) is 15.1. The van der Waals surface area contributed by atoms with Crippen molar-refractivity contribution in [3.05, 3.63) is 54.7 Å². The number of nitrogens with zero attached hydrogens (tertiary/aromatic N) is 3. The molecule has 0 aliphatic carbocycles. The predicted octanol–water partition coefficient (Wildman–Crippen LogP) is 4.15. The number of anilines is 4. The predicted molar refractivity (Wildman–Crippen MR) is 131 cm³/mol. The highest BCUT2D eigenvalue weighted by atomic mass is 19.1. The Bertz CT molecular complexity index is 1290. The molecule has 5 N–H and O–H groups in total. The molecule has 10 heteroatoms. The second kappa shape index (κ2) is 9.44. The van der Waals surface area contributed by atoms with Crippen LogP contribution in [-0.4, -0.2) is 59.3 Å². The third kappa shape index (κ3) is 4.67. The topological polar surface area (TPSA) is 113 Å². The van der Waals surface area contributed by atoms with Gasteiger partial charge in [-0.05, 0) is 30.3 Å². The maximum atomic E-state index is 12.4. The smallest absolute Gasteiger partial charge is 0.233 e. The first-order valence-corrected chi connectivity index (χ1v) is 11.0. The molecule has 9 nitrogen and oxygen atoms in total. The summed E-state index contributed by atoms with van der Waals surface area (Å²) in [6.07, 6.45) is 1.78. The van der Waals surface area contributed by atoms with Gasteiger partial charge in [0.1, 0.15) is 23.8 Å². The van der Waals surface area contributed by atoms with E-state index in [9.17, 15) is 4.39 Å². The molecule has 0 saturated carbocycles. The zero-order valence-electron chi connectivity index (χ0n) is 18.7. The van der Waals surface area contributed by atoms with Crippen LogP contribution in [0.2, 0.25) is 0 Å². The van der Waals surface area contributed by atoms with Crippen molar-refractivity contribution in [2.75, 3.05) is 49.8 Å². The fourth-order valence-electron chi connectivity index (χ4n) is 3.94. The molecule has 3 heterocycles. The Labute approximate surface area is 196 Å². The number of hydrogen-bond acceptors (Lipinski definition) is 8. The Balaban J connectivity index is 1.35. The van der Waals surface area contributed by atoms with Crippen LogP contribution in [0.1, 0.15) is 0 Å². The van der Waals surface area contributed by atoms with Crippen LogP contribution in [0.25, 0.3) is 11.0 Å². The summed E-state index contributed by atoms with van der Waals surface area (Å²) in [7, 11) is 1.61. The van der Waals surface area contributed by atoms with E-state index < -0.39 is 0 Å². The number of H-pyrrole nitrogens is 1. The molecule has 34 heavy (non-hydrogen) atoms. The number of hydrogen-bond donors (Lipinski definition) is 4. The van der Waals surface area contributed by atoms with Crippen molar-refractivity contribution in [2.45, 2.75) is 6.04 Å². The van der Waals surface area contributed by atoms with E-state index in [0.717, 1.165) is 24.2 Å². The second-order valence-electron chi connectivity index (χ2n) is 8.10. The molecule has 4 aromatic rings. The number of alkyl halides is 1. The van der Waals surface area contributed by atoms with E-state index >= 15 is 0 Å². The third-order valence-corrected chi connectivity index (χ3v) is 5.63. The average molecular weight is 464 g/mol. The first-order valence-electron chi connectivity index (χ1n) is 11.0. The van der Waals surface area contributed by atoms with Crippen molar-refractivity contribution in [1.29, 1.82) is 0 Å². The maximum Gasteiger partial charge on any atom is 0.233 e. The number of aromatic nitrogens is 3. The molecule has 1 saturated heterocycles. The minimum atomic E-state index is -0.316. The second-order valence-corrected chi connectivity index (χ2v) is 8.10. The van der Waals surface area contributed by atoms with Crippen LogP contribution in [-0.2, 0) is 0 Å². The molecule has 0 spiro atoms. The lowest BCUT2D eigenvalue weighted by atomic mass is 10.1. The van der Waals surface area contributed by atoms with Crippen LogP contribution in [0.5, 0.6) is 17.4 Å². The summed E-state index contributed by atoms with van der Waals surface area (Å²) in [4.78, 5) is 14.3. The summed E-state index contributed by atoms with van der Waals surface area (Å²) in [5.74, 6) is 1.98. The third-order valence-electron chi connectivity index (χ3n) is 5.63. The lowest BCUT2D eigenvalue weighted by Crippen LogP contribution is -2.55. The van der Waals surface area contributed by atoms with Gasteiger partial charge in [0.15, 0.2) is 0 Å². The van der Waals surface area contributed by atoms with Crippen molar-refractivity contribution < 1.29 is 13.9 Å². The SMILES string of the molecule is COc1cc(NC2CN(CCF)C2)ccc1Nc1nc(Oc2cccc(N)c2)c2cc[nH]c2n1. The van der Waals surface area contributed by atoms with E-state index in [0.29, 0.717) is 52.9 Å². The standard InChI is InChI=1S/C24H26FN7O2/c1-33-21-12-16(28-17-13-32(14-17)10-8-25)5-6-20(21)29-24-30-22-19(7-9-27-22)23(31-24)34-18-4-2-3-15(26)11-18/h2-7,9,11-12,17,28H,8,10,13-14,26H2,1H3,(H2,27,29,30,31). The van der Waals surface area contributed by atoms with Gasteiger partial charge in [-0.2, -0.15) is 9.97 Å². The Kier molecular flexibility index (Phi) is 6.05. The number of nitrogen functional groups attached to an aromatic ring is 1. The molecule has 0 bridgehead atoms. The van der Waals surface area contributed by atoms with Gasteiger partial charge in [-0.3, -0.25) is 4.90 Å². The summed E-state index contributed by atoms with van der Waals surface area (Å²) in [6.45, 7) is 1.82. The number of fused-ring (bicyclic) bond motifs is 1. The number of benzene rings is 2. The zero-order valence-corrected chi connectivity index (χ0v) is 18.7. The number of likely N-dealkylation sites (tertiary alicyclic amines) is 1. The number of methoxy groups -OCH3 is 1. The molecule has 0 unspecified atom stereocenters. The fraction of sp³-hybridized carbons (Fsp3) is 0.250. The number of ether oxygens (including phenoxy) is 2. The van der Waals surface area contributed by atoms with Crippen LogP contribution in [0.15, 0.2) is 54.7 Å². The minimum Gasteiger partial charge on any atom is -0.494 e. The van der Waals surface area contributed by atoms with Crippen LogP contribution >= 0.6 is 0 Å². The van der Waals surface area contributed by atoms with E-state index in [2.05, 4.69) is 30.5 Å². The van der Waals surface area contributed by atoms with E-state index in [1.54, 1.807) is 25.4 Å². The number of nitrogens with one attached hydrogen (secondary N) is 3. The molecule has 0 amide bonds. The summed E-state index contributed by atoms with van der Waals surface area (Å²) >= 11 is 0. The van der Waals surface area contributed by atoms with Crippen molar-refractivity contribution in [1.82, 2.24) is 19.9 Å². The van der Waals surface area contributed by atoms with Crippen molar-refractivity contribution >= 4 is 34.0 Å². The highest BCUT2D eigenvalue weighted by molar-refractivity contribution is 5.83. The summed E-state index contributed by atoms with van der Waals surface area (Å²) < 4.78 is 24.1. The molecule has 0 radical (unpaired) electrons. The molecule has 1 aliphatic heterocycles. The summed E-state index contributed by atoms with van der Waals surface area (Å²) in [5, 5.41) is 7.43. The van der Waals surface area contributed by atoms with Crippen molar-refractivity contribution in [2.24, 2.45) is 0 Å². The van der Waals surface area contributed by atoms with Crippen LogP contribution in [0.4, 0.5) is 27.4 Å². The quantitative estimate of drug-likeness (QED) is 0.274. The Hall–Kier alpha value is -4.05. The monoisotopic (exact) mass is 463 g/mol. The van der Waals surface area contributed by atoms with Gasteiger partial charge in [0.25, 0.3) is 0 Å². The molecule has 5 rings (SSSR count). The highest BCUT2D eigenvalue weighted by Gasteiger charge is 2.26. The van der Waals surface area contributed by atoms with Gasteiger partial charge in [-0.15, -0.1) is 0 Å². The lowest BCUT2D eigenvalue weighted by molar-refractivity contribution is 0.150. The maximum absolute atomic E-state index is 12.4. The molecule has 1 fully saturated rings. The van der Waals surface area contributed by atoms with Gasteiger partial charge in [-0.1, -0.05) is 6.07 Å². The van der Waals surface area contributed by atoms with Gasteiger partial charge < -0.3 is 30.8 Å². The largest absolute Gasteiger partial charge is 0.494 e. The van der Waals surface area contributed by atoms with Crippen LogP contribution in [0, 0.1) is 0 Å². The van der Waals surface area contributed by atoms with Gasteiger partial charge in [0, 0.05) is 49.3 Å². The van der Waals surface area contributed by atoms with E-state index in [-0.39, 0.29) is 6.67 Å². The van der Waals surface area contributed by atoms with E-state index in [4.69, 9.17) is 15.2 Å². The molecule has 1 aliphatic rings. The average Bonchev–Trinajstić information content (AvgIpc) is 3.28. The molecule has 0 atom stereocenters. The van der Waals surface area contributed by atoms with Crippen LogP contribution in [0.3, 0.4) is 0 Å². The number of nitrogens with two attached hydrogens (primary N) is 1. The normalized spacial score (nSPS) is 14.1. The molecular weight excluding hydrogens is 437 g/mol. The van der Waals surface area contributed by atoms with Gasteiger partial charge in [0.2, 0.25) is 11.8 Å². The van der Waals surface area contributed by atoms with Gasteiger partial charge >= 0.3 is 0 Å². The van der Waals surface area contributed by atoms with Gasteiger partial charge in [0.05, 0.1) is 24.2 Å². The molecule has 2 aromatic heterocycles. The number of aromatic amines is 1. The Morgan fingerprint density at radius 1 is 1.18 bits per heavy atom. The lowest BCUT2D eigenvalue weighted by Gasteiger charge is -2.39. The fourth-order valence-corrected chi connectivity index (χ4v) is 3.94. The van der Waals surface area contributed by atoms with Crippen LogP contribution < -0.4 is 25.8 Å². The first kappa shape index (κ1) is 21.8. The minimum absolute atomic E-state index is 0.292. The Morgan fingerprint density at radius 2 is 2.06 bits per heavy atom. The molecule has 2 aromatic carbocycles. The van der Waals surface area contributed by atoms with Gasteiger partial charge in [-0.25, -0.2) is 4.39 Å². The molecule has 176 valence electrons. The van der Waals surface area contributed by atoms with E-state index in [1.165, 1.54) is 0 Å². The Morgan fingerprint density at radius 3 is 2.85 bits per heavy atom. The molecular formula is C24H26FN7O2. The van der Waals surface area contributed by atoms with Crippen molar-refractivity contribution in [3.63, 3.8) is 0 Å². The van der Waals surface area contributed by atoms with E-state index in [1.807, 2.05) is 36.4 Å². The zero-order chi connectivity index (χ0) is 23.5. The first-order chi connectivity index (χ1) is 16.6.